The van der Waals surface area contributed by atoms with Crippen molar-refractivity contribution in [3.63, 3.8) is 0 Å². The second-order valence-electron chi connectivity index (χ2n) is 8.40. The molecule has 0 aliphatic carbocycles. The van der Waals surface area contributed by atoms with Gasteiger partial charge in [-0.1, -0.05) is 40.2 Å². The molecule has 2 aromatic carbocycles. The normalized spacial score (nSPS) is 17.9. The predicted molar refractivity (Wildman–Crippen MR) is 130 cm³/mol. The number of nitrogens with zero attached hydrogens (tertiary/aromatic N) is 2. The van der Waals surface area contributed by atoms with Crippen molar-refractivity contribution in [1.82, 2.24) is 14.8 Å². The van der Waals surface area contributed by atoms with Crippen LogP contribution in [0.2, 0.25) is 0 Å². The average molecular weight is 526 g/mol. The molecular formula is C25H21BrFN3O2S. The number of fused-ring (bicyclic) bond motifs is 3. The number of thiophene rings is 1. The van der Waals surface area contributed by atoms with Crippen molar-refractivity contribution in [2.75, 3.05) is 0 Å². The topological polar surface area (TPSA) is 54.3 Å². The maximum Gasteiger partial charge on any atom is 0.271 e. The zero-order valence-electron chi connectivity index (χ0n) is 17.8. The Morgan fingerprint density at radius 3 is 2.70 bits per heavy atom. The van der Waals surface area contributed by atoms with Crippen LogP contribution in [0.15, 0.2) is 70.5 Å². The number of rotatable bonds is 5. The lowest BCUT2D eigenvalue weighted by molar-refractivity contribution is -0.133. The van der Waals surface area contributed by atoms with Crippen LogP contribution in [0.25, 0.3) is 10.2 Å². The third-order valence-corrected chi connectivity index (χ3v) is 7.56. The first-order chi connectivity index (χ1) is 15.8. The second kappa shape index (κ2) is 8.43. The standard InChI is InChI=1S/C25H21BrFN3O2S/c1-25(24(32)28-13-16-5-7-20(27)8-6-16)15-29-21(12-18-9-10-33-23(18)29)22(31)30(25)14-17-3-2-4-19(26)11-17/h2-12H,13-15H2,1H3,(H,28,32). The van der Waals surface area contributed by atoms with Crippen molar-refractivity contribution in [1.29, 1.82) is 0 Å². The van der Waals surface area contributed by atoms with Gasteiger partial charge in [0, 0.05) is 22.9 Å². The van der Waals surface area contributed by atoms with Gasteiger partial charge in [-0.15, -0.1) is 11.3 Å². The van der Waals surface area contributed by atoms with Crippen LogP contribution in [0, 0.1) is 5.82 Å². The summed E-state index contributed by atoms with van der Waals surface area (Å²) in [6.07, 6.45) is 0. The van der Waals surface area contributed by atoms with Crippen molar-refractivity contribution in [3.8, 4) is 0 Å². The number of amides is 2. The van der Waals surface area contributed by atoms with E-state index in [1.807, 2.05) is 53.3 Å². The molecule has 1 unspecified atom stereocenters. The highest BCUT2D eigenvalue weighted by molar-refractivity contribution is 9.10. The molecule has 2 aromatic heterocycles. The van der Waals surface area contributed by atoms with Crippen LogP contribution in [0.4, 0.5) is 4.39 Å². The summed E-state index contributed by atoms with van der Waals surface area (Å²) in [4.78, 5) is 29.9. The van der Waals surface area contributed by atoms with Gasteiger partial charge < -0.3 is 14.8 Å². The molecule has 5 nitrogen and oxygen atoms in total. The number of hydrogen-bond acceptors (Lipinski definition) is 3. The number of carbonyl (C=O) groups excluding carboxylic acids is 2. The summed E-state index contributed by atoms with van der Waals surface area (Å²) in [7, 11) is 0. The maximum absolute atomic E-state index is 13.7. The van der Waals surface area contributed by atoms with Crippen molar-refractivity contribution >= 4 is 49.3 Å². The monoisotopic (exact) mass is 525 g/mol. The SMILES string of the molecule is CC1(C(=O)NCc2ccc(F)cc2)Cn2c(cc3ccsc32)C(=O)N1Cc1cccc(Br)c1. The molecular weight excluding hydrogens is 505 g/mol. The molecule has 5 rings (SSSR count). The van der Waals surface area contributed by atoms with Gasteiger partial charge in [0.05, 0.1) is 6.54 Å². The van der Waals surface area contributed by atoms with E-state index in [0.717, 1.165) is 25.8 Å². The van der Waals surface area contributed by atoms with Crippen molar-refractivity contribution < 1.29 is 14.0 Å². The van der Waals surface area contributed by atoms with Crippen molar-refractivity contribution in [2.24, 2.45) is 0 Å². The van der Waals surface area contributed by atoms with Crippen molar-refractivity contribution in [3.05, 3.63) is 93.2 Å². The minimum atomic E-state index is -1.11. The van der Waals surface area contributed by atoms with Crippen molar-refractivity contribution in [2.45, 2.75) is 32.1 Å². The number of benzene rings is 2. The van der Waals surface area contributed by atoms with E-state index in [-0.39, 0.29) is 24.2 Å². The zero-order valence-corrected chi connectivity index (χ0v) is 20.2. The number of hydrogen-bond donors (Lipinski definition) is 1. The molecule has 8 heteroatoms. The molecule has 1 atom stereocenters. The van der Waals surface area contributed by atoms with Crippen LogP contribution in [0.3, 0.4) is 0 Å². The predicted octanol–water partition coefficient (Wildman–Crippen LogP) is 5.34. The molecule has 1 aliphatic heterocycles. The number of aromatic nitrogens is 1. The van der Waals surface area contributed by atoms with Crippen LogP contribution in [0.5, 0.6) is 0 Å². The van der Waals surface area contributed by atoms with E-state index in [9.17, 15) is 14.0 Å². The highest BCUT2D eigenvalue weighted by Crippen LogP contribution is 2.35. The second-order valence-corrected chi connectivity index (χ2v) is 10.2. The Morgan fingerprint density at radius 1 is 1.15 bits per heavy atom. The lowest BCUT2D eigenvalue weighted by atomic mass is 9.93. The largest absolute Gasteiger partial charge is 0.350 e. The minimum Gasteiger partial charge on any atom is -0.350 e. The first-order valence-corrected chi connectivity index (χ1v) is 12.2. The lowest BCUT2D eigenvalue weighted by Gasteiger charge is -2.44. The Hall–Kier alpha value is -2.97. The Morgan fingerprint density at radius 2 is 1.94 bits per heavy atom. The van der Waals surface area contributed by atoms with Gasteiger partial charge in [-0.25, -0.2) is 4.39 Å². The van der Waals surface area contributed by atoms with E-state index in [1.165, 1.54) is 12.1 Å². The zero-order chi connectivity index (χ0) is 23.2. The first kappa shape index (κ1) is 21.9. The van der Waals surface area contributed by atoms with E-state index in [2.05, 4.69) is 21.2 Å². The van der Waals surface area contributed by atoms with Crippen LogP contribution in [-0.4, -0.2) is 26.8 Å². The molecule has 0 bridgehead atoms. The molecule has 0 saturated carbocycles. The summed E-state index contributed by atoms with van der Waals surface area (Å²) in [6.45, 7) is 2.71. The highest BCUT2D eigenvalue weighted by Gasteiger charge is 2.47. The van der Waals surface area contributed by atoms with Crippen LogP contribution in [-0.2, 0) is 24.4 Å². The molecule has 4 aromatic rings. The highest BCUT2D eigenvalue weighted by atomic mass is 79.9. The van der Waals surface area contributed by atoms with Crippen LogP contribution in [0.1, 0.15) is 28.5 Å². The minimum absolute atomic E-state index is 0.177. The summed E-state index contributed by atoms with van der Waals surface area (Å²) in [6, 6.07) is 17.6. The van der Waals surface area contributed by atoms with Gasteiger partial charge in [-0.05, 0) is 59.8 Å². The Balaban J connectivity index is 1.50. The smallest absolute Gasteiger partial charge is 0.271 e. The molecule has 2 amide bonds. The van der Waals surface area contributed by atoms with Gasteiger partial charge in [0.15, 0.2) is 0 Å². The molecule has 1 N–H and O–H groups in total. The third-order valence-electron chi connectivity index (χ3n) is 6.11. The molecule has 1 aliphatic rings. The van der Waals surface area contributed by atoms with Crippen LogP contribution >= 0.6 is 27.3 Å². The lowest BCUT2D eigenvalue weighted by Crippen LogP contribution is -2.63. The first-order valence-electron chi connectivity index (χ1n) is 10.5. The molecule has 0 radical (unpaired) electrons. The Kier molecular flexibility index (Phi) is 5.58. The molecule has 168 valence electrons. The molecule has 0 fully saturated rings. The number of halogens is 2. The van der Waals surface area contributed by atoms with Crippen LogP contribution < -0.4 is 5.32 Å². The summed E-state index contributed by atoms with van der Waals surface area (Å²) < 4.78 is 16.1. The van der Waals surface area contributed by atoms with E-state index in [4.69, 9.17) is 0 Å². The van der Waals surface area contributed by atoms with Gasteiger partial charge >= 0.3 is 0 Å². The summed E-state index contributed by atoms with van der Waals surface area (Å²) in [5.74, 6) is -0.751. The summed E-state index contributed by atoms with van der Waals surface area (Å²) in [5.41, 5.74) is 1.20. The van der Waals surface area contributed by atoms with E-state index in [0.29, 0.717) is 18.8 Å². The molecule has 0 spiro atoms. The van der Waals surface area contributed by atoms with Gasteiger partial charge in [-0.3, -0.25) is 9.59 Å². The fourth-order valence-corrected chi connectivity index (χ4v) is 5.64. The maximum atomic E-state index is 13.7. The van der Waals surface area contributed by atoms with E-state index < -0.39 is 5.54 Å². The summed E-state index contributed by atoms with van der Waals surface area (Å²) >= 11 is 5.05. The van der Waals surface area contributed by atoms with Gasteiger partial charge in [-0.2, -0.15) is 0 Å². The molecule has 3 heterocycles. The number of nitrogens with one attached hydrogen (secondary N) is 1. The third kappa shape index (κ3) is 3.98. The van der Waals surface area contributed by atoms with Gasteiger partial charge in [0.1, 0.15) is 21.9 Å². The van der Waals surface area contributed by atoms with E-state index in [1.54, 1.807) is 28.4 Å². The molecule has 0 saturated heterocycles. The average Bonchev–Trinajstić information content (AvgIpc) is 3.38. The summed E-state index contributed by atoms with van der Waals surface area (Å²) in [5, 5.41) is 5.96. The number of carbonyl (C=O) groups is 2. The van der Waals surface area contributed by atoms with E-state index >= 15 is 0 Å². The quantitative estimate of drug-likeness (QED) is 0.382. The molecule has 33 heavy (non-hydrogen) atoms. The fourth-order valence-electron chi connectivity index (χ4n) is 4.30. The van der Waals surface area contributed by atoms with Gasteiger partial charge in [0.2, 0.25) is 5.91 Å². The Labute approximate surface area is 203 Å². The fraction of sp³-hybridized carbons (Fsp3) is 0.200. The van der Waals surface area contributed by atoms with Gasteiger partial charge in [0.25, 0.3) is 5.91 Å². The Bertz CT molecular complexity index is 1360.